The third kappa shape index (κ3) is 4.29. The number of aromatic nitrogens is 3. The first kappa shape index (κ1) is 20.5. The maximum atomic E-state index is 12.8. The van der Waals surface area contributed by atoms with Gasteiger partial charge in [-0.25, -0.2) is 14.5 Å². The third-order valence-corrected chi connectivity index (χ3v) is 4.63. The molecule has 0 aliphatic carbocycles. The van der Waals surface area contributed by atoms with Crippen LogP contribution in [0.15, 0.2) is 36.5 Å². The SMILES string of the molecule is COc1ccc(C(=O)COC(=O)c2cc(C(C)C)nc3c2cnn3C(C)C)cc1. The fourth-order valence-electron chi connectivity index (χ4n) is 2.95. The Morgan fingerprint density at radius 3 is 2.38 bits per heavy atom. The van der Waals surface area contributed by atoms with Crippen LogP contribution < -0.4 is 4.74 Å². The number of Topliss-reactive ketones (excluding diaryl/α,β-unsaturated/α-hetero) is 1. The van der Waals surface area contributed by atoms with Crippen molar-refractivity contribution in [3.05, 3.63) is 53.3 Å². The van der Waals surface area contributed by atoms with E-state index in [9.17, 15) is 9.59 Å². The number of hydrogen-bond acceptors (Lipinski definition) is 6. The number of carbonyl (C=O) groups is 2. The van der Waals surface area contributed by atoms with Gasteiger partial charge in [0.25, 0.3) is 0 Å². The van der Waals surface area contributed by atoms with E-state index >= 15 is 0 Å². The average Bonchev–Trinajstić information content (AvgIpc) is 3.15. The predicted octanol–water partition coefficient (Wildman–Crippen LogP) is 4.18. The molecule has 7 nitrogen and oxygen atoms in total. The van der Waals surface area contributed by atoms with Gasteiger partial charge in [0.15, 0.2) is 18.0 Å². The van der Waals surface area contributed by atoms with Crippen LogP contribution in [0.1, 0.15) is 66.1 Å². The lowest BCUT2D eigenvalue weighted by molar-refractivity contribution is 0.0476. The summed E-state index contributed by atoms with van der Waals surface area (Å²) in [7, 11) is 1.56. The van der Waals surface area contributed by atoms with E-state index in [-0.39, 0.29) is 24.3 Å². The normalized spacial score (nSPS) is 11.3. The summed E-state index contributed by atoms with van der Waals surface area (Å²) >= 11 is 0. The van der Waals surface area contributed by atoms with E-state index in [2.05, 4.69) is 10.1 Å². The number of ether oxygens (including phenoxy) is 2. The summed E-state index contributed by atoms with van der Waals surface area (Å²) in [6, 6.07) is 8.49. The highest BCUT2D eigenvalue weighted by atomic mass is 16.5. The van der Waals surface area contributed by atoms with Crippen molar-refractivity contribution in [2.75, 3.05) is 13.7 Å². The molecule has 2 aromatic heterocycles. The molecule has 0 bridgehead atoms. The molecule has 0 aliphatic heterocycles. The second-order valence-electron chi connectivity index (χ2n) is 7.40. The van der Waals surface area contributed by atoms with Crippen LogP contribution >= 0.6 is 0 Å². The minimum absolute atomic E-state index is 0.0999. The van der Waals surface area contributed by atoms with E-state index < -0.39 is 5.97 Å². The molecule has 0 atom stereocenters. The van der Waals surface area contributed by atoms with Crippen molar-refractivity contribution in [2.24, 2.45) is 0 Å². The second kappa shape index (κ2) is 8.43. The van der Waals surface area contributed by atoms with Gasteiger partial charge in [-0.3, -0.25) is 4.79 Å². The van der Waals surface area contributed by atoms with Crippen LogP contribution in [-0.2, 0) is 4.74 Å². The van der Waals surface area contributed by atoms with Gasteiger partial charge in [0.1, 0.15) is 5.75 Å². The minimum atomic E-state index is -0.565. The van der Waals surface area contributed by atoms with Crippen molar-refractivity contribution in [1.82, 2.24) is 14.8 Å². The highest BCUT2D eigenvalue weighted by Crippen LogP contribution is 2.25. The summed E-state index contributed by atoms with van der Waals surface area (Å²) in [6.07, 6.45) is 1.62. The first-order valence-corrected chi connectivity index (χ1v) is 9.54. The average molecular weight is 395 g/mol. The Balaban J connectivity index is 1.85. The number of esters is 1. The van der Waals surface area contributed by atoms with Crippen LogP contribution in [0.2, 0.25) is 0 Å². The molecule has 0 N–H and O–H groups in total. The molecular weight excluding hydrogens is 370 g/mol. The van der Waals surface area contributed by atoms with Gasteiger partial charge < -0.3 is 9.47 Å². The van der Waals surface area contributed by atoms with E-state index in [1.54, 1.807) is 48.3 Å². The van der Waals surface area contributed by atoms with E-state index in [0.717, 1.165) is 5.69 Å². The second-order valence-corrected chi connectivity index (χ2v) is 7.40. The van der Waals surface area contributed by atoms with Crippen LogP contribution in [0.5, 0.6) is 5.75 Å². The van der Waals surface area contributed by atoms with Crippen LogP contribution in [0.4, 0.5) is 0 Å². The summed E-state index contributed by atoms with van der Waals surface area (Å²) in [5.41, 5.74) is 2.23. The maximum Gasteiger partial charge on any atom is 0.339 e. The van der Waals surface area contributed by atoms with Gasteiger partial charge in [-0.15, -0.1) is 0 Å². The zero-order valence-electron chi connectivity index (χ0n) is 17.3. The number of fused-ring (bicyclic) bond motifs is 1. The summed E-state index contributed by atoms with van der Waals surface area (Å²) in [5, 5.41) is 4.98. The Morgan fingerprint density at radius 1 is 1.10 bits per heavy atom. The van der Waals surface area contributed by atoms with Gasteiger partial charge in [0.2, 0.25) is 0 Å². The molecule has 29 heavy (non-hydrogen) atoms. The lowest BCUT2D eigenvalue weighted by Crippen LogP contribution is -2.15. The molecule has 0 saturated heterocycles. The molecule has 0 radical (unpaired) electrons. The molecule has 0 unspecified atom stereocenters. The van der Waals surface area contributed by atoms with Crippen LogP contribution in [0.25, 0.3) is 11.0 Å². The molecule has 1 aromatic carbocycles. The van der Waals surface area contributed by atoms with E-state index in [1.165, 1.54) is 0 Å². The highest BCUT2D eigenvalue weighted by molar-refractivity contribution is 6.04. The van der Waals surface area contributed by atoms with Gasteiger partial charge >= 0.3 is 5.97 Å². The molecule has 0 amide bonds. The predicted molar refractivity (Wildman–Crippen MR) is 110 cm³/mol. The van der Waals surface area contributed by atoms with Crippen LogP contribution in [-0.4, -0.2) is 40.2 Å². The number of hydrogen-bond donors (Lipinski definition) is 0. The molecule has 7 heteroatoms. The Labute approximate surface area is 169 Å². The van der Waals surface area contributed by atoms with Gasteiger partial charge in [0.05, 0.1) is 24.3 Å². The molecule has 0 aliphatic rings. The lowest BCUT2D eigenvalue weighted by atomic mass is 10.1. The van der Waals surface area contributed by atoms with Gasteiger partial charge in [-0.1, -0.05) is 13.8 Å². The number of rotatable bonds is 7. The monoisotopic (exact) mass is 395 g/mol. The number of benzene rings is 1. The van der Waals surface area contributed by atoms with E-state index in [0.29, 0.717) is 27.9 Å². The smallest absolute Gasteiger partial charge is 0.339 e. The minimum Gasteiger partial charge on any atom is -0.497 e. The molecule has 3 aromatic rings. The molecular formula is C22H25N3O4. The first-order valence-electron chi connectivity index (χ1n) is 9.54. The van der Waals surface area contributed by atoms with Crippen molar-refractivity contribution in [3.63, 3.8) is 0 Å². The van der Waals surface area contributed by atoms with Crippen LogP contribution in [0, 0.1) is 0 Å². The molecule has 3 rings (SSSR count). The molecule has 0 saturated carbocycles. The van der Waals surface area contributed by atoms with Gasteiger partial charge in [-0.05, 0) is 50.1 Å². The van der Waals surface area contributed by atoms with Gasteiger partial charge in [0, 0.05) is 17.3 Å². The zero-order valence-corrected chi connectivity index (χ0v) is 17.3. The van der Waals surface area contributed by atoms with Crippen molar-refractivity contribution < 1.29 is 19.1 Å². The standard InChI is InChI=1S/C22H25N3O4/c1-13(2)19-10-17(18-11-23-25(14(3)4)21(18)24-19)22(27)29-12-20(26)15-6-8-16(28-5)9-7-15/h6-11,13-14H,12H2,1-5H3. The first-order chi connectivity index (χ1) is 13.8. The van der Waals surface area contributed by atoms with Crippen molar-refractivity contribution in [1.29, 1.82) is 0 Å². The number of nitrogens with zero attached hydrogens (tertiary/aromatic N) is 3. The fraction of sp³-hybridized carbons (Fsp3) is 0.364. The Bertz CT molecular complexity index is 1040. The Morgan fingerprint density at radius 2 is 1.79 bits per heavy atom. The Kier molecular flexibility index (Phi) is 5.96. The zero-order chi connectivity index (χ0) is 21.1. The van der Waals surface area contributed by atoms with Gasteiger partial charge in [-0.2, -0.15) is 5.10 Å². The summed E-state index contributed by atoms with van der Waals surface area (Å²) in [5.74, 6) is -0.0683. The van der Waals surface area contributed by atoms with E-state index in [4.69, 9.17) is 9.47 Å². The van der Waals surface area contributed by atoms with Crippen LogP contribution in [0.3, 0.4) is 0 Å². The Hall–Kier alpha value is -3.22. The van der Waals surface area contributed by atoms with Crippen molar-refractivity contribution in [3.8, 4) is 5.75 Å². The van der Waals surface area contributed by atoms with Crippen molar-refractivity contribution >= 4 is 22.8 Å². The molecule has 0 fully saturated rings. The highest BCUT2D eigenvalue weighted by Gasteiger charge is 2.21. The number of carbonyl (C=O) groups excluding carboxylic acids is 2. The van der Waals surface area contributed by atoms with Crippen molar-refractivity contribution in [2.45, 2.75) is 39.7 Å². The topological polar surface area (TPSA) is 83.3 Å². The molecule has 0 spiro atoms. The number of ketones is 1. The van der Waals surface area contributed by atoms with E-state index in [1.807, 2.05) is 27.7 Å². The third-order valence-electron chi connectivity index (χ3n) is 4.63. The quantitative estimate of drug-likeness (QED) is 0.441. The summed E-state index contributed by atoms with van der Waals surface area (Å²) in [4.78, 5) is 29.8. The maximum absolute atomic E-state index is 12.8. The summed E-state index contributed by atoms with van der Waals surface area (Å²) in [6.45, 7) is 7.67. The number of methoxy groups -OCH3 is 1. The number of pyridine rings is 1. The molecule has 2 heterocycles. The summed E-state index contributed by atoms with van der Waals surface area (Å²) < 4.78 is 12.2. The fourth-order valence-corrected chi connectivity index (χ4v) is 2.95. The molecule has 152 valence electrons. The lowest BCUT2D eigenvalue weighted by Gasteiger charge is -2.12. The largest absolute Gasteiger partial charge is 0.497 e.